The molecule has 1 saturated heterocycles. The molecular weight excluding hydrogens is 464 g/mol. The van der Waals surface area contributed by atoms with Gasteiger partial charge in [0.1, 0.15) is 0 Å². The normalized spacial score (nSPS) is 21.1. The number of amides is 1. The van der Waals surface area contributed by atoms with E-state index in [0.717, 1.165) is 68.5 Å². The minimum absolute atomic E-state index is 0. The highest BCUT2D eigenvalue weighted by atomic mass is 16.2. The monoisotopic (exact) mass is 502 g/mol. The Labute approximate surface area is 221 Å². The van der Waals surface area contributed by atoms with Crippen molar-refractivity contribution in [3.63, 3.8) is 0 Å². The predicted octanol–water partition coefficient (Wildman–Crippen LogP) is 3.01. The molecule has 1 amide bonds. The maximum absolute atomic E-state index is 12.6. The molecule has 3 aromatic rings. The standard InChI is InChI=1S/C28H34N8O.2H2/c1-2-11-34-12-10-29-27(37)21-36-15-13-35(14-16-36)19-22-4-3-5-24(17-22)32-28-30-9-8-26(33-28)23-6-7-25(20-34)31-18-23;;/h2-9,17-18H,1,10-16,19-21H2,(H,29,37)(H,30,32,33);2*1H. The lowest BCUT2D eigenvalue weighted by Gasteiger charge is -2.34. The van der Waals surface area contributed by atoms with E-state index in [9.17, 15) is 4.79 Å². The highest BCUT2D eigenvalue weighted by Gasteiger charge is 2.19. The Hall–Kier alpha value is -3.66. The van der Waals surface area contributed by atoms with E-state index < -0.39 is 0 Å². The molecule has 9 nitrogen and oxygen atoms in total. The number of hydrogen-bond acceptors (Lipinski definition) is 8. The van der Waals surface area contributed by atoms with Crippen molar-refractivity contribution >= 4 is 17.5 Å². The van der Waals surface area contributed by atoms with E-state index in [1.165, 1.54) is 5.56 Å². The molecule has 0 saturated carbocycles. The zero-order chi connectivity index (χ0) is 25.5. The lowest BCUT2D eigenvalue weighted by Crippen LogP contribution is -2.49. The summed E-state index contributed by atoms with van der Waals surface area (Å²) in [4.78, 5) is 33.3. The number of pyridine rings is 1. The molecule has 5 aliphatic heterocycles. The molecule has 7 heterocycles. The maximum atomic E-state index is 12.6. The number of nitrogens with one attached hydrogen (secondary N) is 2. The van der Waals surface area contributed by atoms with Gasteiger partial charge in [0.15, 0.2) is 0 Å². The number of carbonyl (C=O) groups excluding carboxylic acids is 1. The molecule has 2 aromatic heterocycles. The third-order valence-electron chi connectivity index (χ3n) is 6.72. The highest BCUT2D eigenvalue weighted by Crippen LogP contribution is 2.21. The largest absolute Gasteiger partial charge is 0.354 e. The number of anilines is 2. The van der Waals surface area contributed by atoms with Gasteiger partial charge in [-0.25, -0.2) is 9.97 Å². The van der Waals surface area contributed by atoms with Gasteiger partial charge in [-0.05, 0) is 35.9 Å². The fraction of sp³-hybridized carbons (Fsp3) is 0.357. The summed E-state index contributed by atoms with van der Waals surface area (Å²) in [5.74, 6) is 0.634. The SMILES string of the molecule is C=CCN1CCNC(=O)CN2CCN(CC2)Cc2cccc(c2)Nc2nccc(n2)-c2ccc(nc2)C1.[HH].[HH]. The Morgan fingerprint density at radius 3 is 2.59 bits per heavy atom. The molecule has 196 valence electrons. The van der Waals surface area contributed by atoms with Crippen molar-refractivity contribution in [2.75, 3.05) is 57.7 Å². The van der Waals surface area contributed by atoms with E-state index in [2.05, 4.69) is 60.1 Å². The molecule has 8 rings (SSSR count). The van der Waals surface area contributed by atoms with Gasteiger partial charge in [0.2, 0.25) is 11.9 Å². The molecule has 0 spiro atoms. The zero-order valence-corrected chi connectivity index (χ0v) is 21.1. The van der Waals surface area contributed by atoms with Gasteiger partial charge in [0.05, 0.1) is 17.9 Å². The Morgan fingerprint density at radius 1 is 0.973 bits per heavy atom. The fourth-order valence-electron chi connectivity index (χ4n) is 4.75. The van der Waals surface area contributed by atoms with Crippen molar-refractivity contribution in [1.29, 1.82) is 0 Å². The van der Waals surface area contributed by atoms with Crippen molar-refractivity contribution in [2.45, 2.75) is 13.1 Å². The molecule has 0 aliphatic carbocycles. The summed E-state index contributed by atoms with van der Waals surface area (Å²) in [5.41, 5.74) is 4.89. The molecule has 37 heavy (non-hydrogen) atoms. The number of hydrogen-bond donors (Lipinski definition) is 2. The van der Waals surface area contributed by atoms with Crippen LogP contribution in [0.2, 0.25) is 0 Å². The van der Waals surface area contributed by atoms with Crippen LogP contribution in [0.5, 0.6) is 0 Å². The van der Waals surface area contributed by atoms with Gasteiger partial charge in [-0.3, -0.25) is 24.5 Å². The topological polar surface area (TPSA) is 89.5 Å². The first-order valence-electron chi connectivity index (χ1n) is 12.8. The first kappa shape index (κ1) is 25.0. The number of carbonyl (C=O) groups is 1. The molecule has 2 N–H and O–H groups in total. The molecular formula is C28H38N8O. The Morgan fingerprint density at radius 2 is 1.81 bits per heavy atom. The van der Waals surface area contributed by atoms with Gasteiger partial charge in [-0.15, -0.1) is 6.58 Å². The van der Waals surface area contributed by atoms with Crippen molar-refractivity contribution < 1.29 is 7.65 Å². The van der Waals surface area contributed by atoms with Crippen molar-refractivity contribution in [2.24, 2.45) is 0 Å². The zero-order valence-electron chi connectivity index (χ0n) is 21.1. The number of rotatable bonds is 2. The summed E-state index contributed by atoms with van der Waals surface area (Å²) in [6, 6.07) is 14.3. The third-order valence-corrected chi connectivity index (χ3v) is 6.72. The van der Waals surface area contributed by atoms with Crippen LogP contribution in [0.25, 0.3) is 11.3 Å². The summed E-state index contributed by atoms with van der Waals surface area (Å²) >= 11 is 0. The predicted molar refractivity (Wildman–Crippen MR) is 149 cm³/mol. The number of nitrogens with zero attached hydrogens (tertiary/aromatic N) is 6. The molecule has 1 aromatic carbocycles. The van der Waals surface area contributed by atoms with Gasteiger partial charge in [0.25, 0.3) is 0 Å². The van der Waals surface area contributed by atoms with E-state index in [-0.39, 0.29) is 8.76 Å². The highest BCUT2D eigenvalue weighted by molar-refractivity contribution is 5.78. The minimum atomic E-state index is 0. The summed E-state index contributed by atoms with van der Waals surface area (Å²) in [7, 11) is 0. The minimum Gasteiger partial charge on any atom is -0.354 e. The fourth-order valence-corrected chi connectivity index (χ4v) is 4.75. The van der Waals surface area contributed by atoms with E-state index in [1.807, 2.05) is 36.5 Å². The van der Waals surface area contributed by atoms with Crippen LogP contribution in [-0.2, 0) is 17.9 Å². The van der Waals surface area contributed by atoms with Gasteiger partial charge < -0.3 is 10.6 Å². The van der Waals surface area contributed by atoms with E-state index >= 15 is 0 Å². The van der Waals surface area contributed by atoms with Crippen LogP contribution in [0.3, 0.4) is 0 Å². The average Bonchev–Trinajstić information content (AvgIpc) is 2.90. The van der Waals surface area contributed by atoms with Crippen LogP contribution in [0.1, 0.15) is 14.1 Å². The van der Waals surface area contributed by atoms with E-state index in [4.69, 9.17) is 4.98 Å². The van der Waals surface area contributed by atoms with E-state index in [0.29, 0.717) is 25.6 Å². The van der Waals surface area contributed by atoms with Crippen molar-refractivity contribution in [1.82, 2.24) is 35.0 Å². The second-order valence-electron chi connectivity index (χ2n) is 9.56. The number of aromatic nitrogens is 3. The molecule has 9 heteroatoms. The van der Waals surface area contributed by atoms with Crippen LogP contribution >= 0.6 is 0 Å². The molecule has 0 unspecified atom stereocenters. The molecule has 8 bridgehead atoms. The second-order valence-corrected chi connectivity index (χ2v) is 9.56. The lowest BCUT2D eigenvalue weighted by atomic mass is 10.1. The summed E-state index contributed by atoms with van der Waals surface area (Å²) in [5, 5.41) is 6.44. The third kappa shape index (κ3) is 6.97. The van der Waals surface area contributed by atoms with Crippen LogP contribution in [0.15, 0.2) is 67.5 Å². The summed E-state index contributed by atoms with van der Waals surface area (Å²) in [6.45, 7) is 11.6. The smallest absolute Gasteiger partial charge is 0.234 e. The molecule has 5 aliphatic rings. The Kier molecular flexibility index (Phi) is 8.15. The maximum Gasteiger partial charge on any atom is 0.234 e. The number of piperazine rings is 1. The Bertz CT molecular complexity index is 1220. The van der Waals surface area contributed by atoms with Crippen LogP contribution < -0.4 is 10.6 Å². The first-order valence-corrected chi connectivity index (χ1v) is 12.8. The van der Waals surface area contributed by atoms with Crippen molar-refractivity contribution in [3.05, 3.63) is 78.8 Å². The first-order chi connectivity index (χ1) is 18.1. The summed E-state index contributed by atoms with van der Waals surface area (Å²) < 4.78 is 0. The average molecular weight is 503 g/mol. The van der Waals surface area contributed by atoms with Gasteiger partial charge in [0, 0.05) is 85.4 Å². The van der Waals surface area contributed by atoms with Gasteiger partial charge in [-0.1, -0.05) is 18.2 Å². The summed E-state index contributed by atoms with van der Waals surface area (Å²) in [6.07, 6.45) is 5.50. The van der Waals surface area contributed by atoms with E-state index in [1.54, 1.807) is 6.20 Å². The van der Waals surface area contributed by atoms with Gasteiger partial charge in [-0.2, -0.15) is 0 Å². The van der Waals surface area contributed by atoms with Crippen LogP contribution in [-0.4, -0.2) is 87.9 Å². The van der Waals surface area contributed by atoms with Crippen LogP contribution in [0.4, 0.5) is 11.6 Å². The lowest BCUT2D eigenvalue weighted by molar-refractivity contribution is -0.122. The molecule has 0 atom stereocenters. The molecule has 1 fully saturated rings. The van der Waals surface area contributed by atoms with Gasteiger partial charge >= 0.3 is 0 Å². The molecule has 0 radical (unpaired) electrons. The Balaban J connectivity index is 0.00000210. The van der Waals surface area contributed by atoms with Crippen LogP contribution in [0, 0.1) is 0 Å². The quantitative estimate of drug-likeness (QED) is 0.517. The number of benzene rings is 1. The van der Waals surface area contributed by atoms with Crippen molar-refractivity contribution in [3.8, 4) is 11.3 Å². The second kappa shape index (κ2) is 12.1.